The predicted molar refractivity (Wildman–Crippen MR) is 76.6 cm³/mol. The van der Waals surface area contributed by atoms with E-state index in [4.69, 9.17) is 0 Å². The lowest BCUT2D eigenvalue weighted by atomic mass is 10.2. The molecule has 3 rings (SSSR count). The average Bonchev–Trinajstić information content (AvgIpc) is 3.25. The van der Waals surface area contributed by atoms with Gasteiger partial charge < -0.3 is 10.0 Å². The highest BCUT2D eigenvalue weighted by Crippen LogP contribution is 2.37. The normalized spacial score (nSPS) is 14.1. The first-order valence-electron chi connectivity index (χ1n) is 7.14. The second-order valence-electron chi connectivity index (χ2n) is 5.25. The zero-order valence-corrected chi connectivity index (χ0v) is 11.7. The summed E-state index contributed by atoms with van der Waals surface area (Å²) in [5.74, 6) is 1.15. The molecule has 1 amide bonds. The van der Waals surface area contributed by atoms with Gasteiger partial charge in [-0.3, -0.25) is 9.89 Å². The van der Waals surface area contributed by atoms with Crippen LogP contribution in [0.5, 0.6) is 0 Å². The second-order valence-corrected chi connectivity index (χ2v) is 5.25. The Bertz CT molecular complexity index is 607. The fraction of sp³-hybridized carbons (Fsp3) is 0.400. The standard InChI is InChI=1S/C15H18N4O2/c20-9-8-19(10-11-4-2-1-3-5-11)15(21)14-16-13(17-18-14)12-6-7-12/h1-5,12,20H,6-10H2,(H,16,17,18). The molecule has 1 aromatic heterocycles. The fourth-order valence-corrected chi connectivity index (χ4v) is 2.23. The van der Waals surface area contributed by atoms with Gasteiger partial charge in [0.05, 0.1) is 6.61 Å². The van der Waals surface area contributed by atoms with Gasteiger partial charge in [0, 0.05) is 19.0 Å². The quantitative estimate of drug-likeness (QED) is 0.839. The molecule has 6 nitrogen and oxygen atoms in total. The summed E-state index contributed by atoms with van der Waals surface area (Å²) in [5.41, 5.74) is 1.01. The van der Waals surface area contributed by atoms with Crippen LogP contribution < -0.4 is 0 Å². The lowest BCUT2D eigenvalue weighted by molar-refractivity contribution is 0.0696. The Kier molecular flexibility index (Phi) is 3.96. The van der Waals surface area contributed by atoms with Crippen molar-refractivity contribution in [2.75, 3.05) is 13.2 Å². The highest BCUT2D eigenvalue weighted by Gasteiger charge is 2.29. The number of carbonyl (C=O) groups excluding carboxylic acids is 1. The van der Waals surface area contributed by atoms with E-state index < -0.39 is 0 Å². The Morgan fingerprint density at radius 3 is 2.76 bits per heavy atom. The molecule has 0 spiro atoms. The maximum absolute atomic E-state index is 12.5. The minimum atomic E-state index is -0.254. The summed E-state index contributed by atoms with van der Waals surface area (Å²) >= 11 is 0. The summed E-state index contributed by atoms with van der Waals surface area (Å²) in [7, 11) is 0. The van der Waals surface area contributed by atoms with Crippen molar-refractivity contribution in [2.45, 2.75) is 25.3 Å². The van der Waals surface area contributed by atoms with E-state index in [9.17, 15) is 9.90 Å². The van der Waals surface area contributed by atoms with Gasteiger partial charge in [-0.15, -0.1) is 5.10 Å². The highest BCUT2D eigenvalue weighted by molar-refractivity contribution is 5.90. The molecule has 0 bridgehead atoms. The molecule has 1 aliphatic rings. The van der Waals surface area contributed by atoms with Crippen LogP contribution in [0.4, 0.5) is 0 Å². The predicted octanol–water partition coefficient (Wildman–Crippen LogP) is 1.32. The molecule has 1 aliphatic carbocycles. The summed E-state index contributed by atoms with van der Waals surface area (Å²) in [4.78, 5) is 18.3. The topological polar surface area (TPSA) is 82.1 Å². The zero-order chi connectivity index (χ0) is 14.7. The largest absolute Gasteiger partial charge is 0.395 e. The van der Waals surface area contributed by atoms with Crippen LogP contribution >= 0.6 is 0 Å². The van der Waals surface area contributed by atoms with Crippen LogP contribution in [0.3, 0.4) is 0 Å². The molecule has 2 aromatic rings. The summed E-state index contributed by atoms with van der Waals surface area (Å²) < 4.78 is 0. The van der Waals surface area contributed by atoms with Gasteiger partial charge in [-0.2, -0.15) is 0 Å². The van der Waals surface area contributed by atoms with Crippen LogP contribution in [0, 0.1) is 0 Å². The number of aliphatic hydroxyl groups excluding tert-OH is 1. The third kappa shape index (κ3) is 3.28. The molecule has 0 radical (unpaired) electrons. The molecule has 1 heterocycles. The van der Waals surface area contributed by atoms with Gasteiger partial charge in [-0.1, -0.05) is 30.3 Å². The van der Waals surface area contributed by atoms with Gasteiger partial charge in [0.25, 0.3) is 5.91 Å². The molecule has 1 fully saturated rings. The van der Waals surface area contributed by atoms with Crippen molar-refractivity contribution in [2.24, 2.45) is 0 Å². The summed E-state index contributed by atoms with van der Waals surface area (Å²) in [5, 5.41) is 16.0. The summed E-state index contributed by atoms with van der Waals surface area (Å²) in [6.07, 6.45) is 2.21. The molecule has 0 atom stereocenters. The molecule has 0 unspecified atom stereocenters. The first kappa shape index (κ1) is 13.8. The maximum Gasteiger partial charge on any atom is 0.293 e. The molecular formula is C15H18N4O2. The highest BCUT2D eigenvalue weighted by atomic mass is 16.3. The van der Waals surface area contributed by atoms with Crippen molar-refractivity contribution >= 4 is 5.91 Å². The van der Waals surface area contributed by atoms with E-state index in [-0.39, 0.29) is 24.9 Å². The van der Waals surface area contributed by atoms with Gasteiger partial charge in [0.1, 0.15) is 5.82 Å². The first-order valence-corrected chi connectivity index (χ1v) is 7.14. The minimum absolute atomic E-state index is 0.0848. The molecular weight excluding hydrogens is 268 g/mol. The van der Waals surface area contributed by atoms with E-state index >= 15 is 0 Å². The van der Waals surface area contributed by atoms with Crippen molar-refractivity contribution in [3.05, 3.63) is 47.5 Å². The number of aromatic amines is 1. The molecule has 6 heteroatoms. The number of carbonyl (C=O) groups is 1. The minimum Gasteiger partial charge on any atom is -0.395 e. The zero-order valence-electron chi connectivity index (χ0n) is 11.7. The number of amides is 1. The van der Waals surface area contributed by atoms with Crippen molar-refractivity contribution in [1.82, 2.24) is 20.1 Å². The van der Waals surface area contributed by atoms with Crippen LogP contribution in [0.25, 0.3) is 0 Å². The number of benzene rings is 1. The molecule has 1 saturated carbocycles. The van der Waals surface area contributed by atoms with Crippen molar-refractivity contribution < 1.29 is 9.90 Å². The fourth-order valence-electron chi connectivity index (χ4n) is 2.23. The van der Waals surface area contributed by atoms with Gasteiger partial charge in [-0.05, 0) is 18.4 Å². The van der Waals surface area contributed by atoms with Crippen molar-refractivity contribution in [1.29, 1.82) is 0 Å². The van der Waals surface area contributed by atoms with Gasteiger partial charge in [0.15, 0.2) is 0 Å². The number of H-pyrrole nitrogens is 1. The molecule has 110 valence electrons. The second kappa shape index (κ2) is 6.05. The number of aliphatic hydroxyl groups is 1. The number of nitrogens with one attached hydrogen (secondary N) is 1. The number of hydrogen-bond acceptors (Lipinski definition) is 4. The van der Waals surface area contributed by atoms with E-state index in [1.807, 2.05) is 30.3 Å². The average molecular weight is 286 g/mol. The van der Waals surface area contributed by atoms with E-state index in [0.717, 1.165) is 24.2 Å². The van der Waals surface area contributed by atoms with Crippen molar-refractivity contribution in [3.8, 4) is 0 Å². The molecule has 1 aromatic carbocycles. The Balaban J connectivity index is 1.73. The smallest absolute Gasteiger partial charge is 0.293 e. The third-order valence-electron chi connectivity index (χ3n) is 3.53. The van der Waals surface area contributed by atoms with Crippen LogP contribution in [-0.2, 0) is 6.54 Å². The lowest BCUT2D eigenvalue weighted by Crippen LogP contribution is -2.33. The van der Waals surface area contributed by atoms with E-state index in [1.54, 1.807) is 4.90 Å². The van der Waals surface area contributed by atoms with E-state index in [0.29, 0.717) is 12.5 Å². The van der Waals surface area contributed by atoms with E-state index in [1.165, 1.54) is 0 Å². The Morgan fingerprint density at radius 1 is 1.33 bits per heavy atom. The van der Waals surface area contributed by atoms with Crippen LogP contribution in [-0.4, -0.2) is 44.2 Å². The van der Waals surface area contributed by atoms with Gasteiger partial charge >= 0.3 is 0 Å². The van der Waals surface area contributed by atoms with Gasteiger partial charge in [0.2, 0.25) is 5.82 Å². The molecule has 21 heavy (non-hydrogen) atoms. The monoisotopic (exact) mass is 286 g/mol. The van der Waals surface area contributed by atoms with Crippen LogP contribution in [0.1, 0.15) is 40.8 Å². The Morgan fingerprint density at radius 2 is 2.10 bits per heavy atom. The summed E-state index contributed by atoms with van der Waals surface area (Å²) in [6.45, 7) is 0.618. The third-order valence-corrected chi connectivity index (χ3v) is 3.53. The van der Waals surface area contributed by atoms with Crippen LogP contribution in [0.15, 0.2) is 30.3 Å². The number of hydrogen-bond donors (Lipinski definition) is 2. The first-order chi connectivity index (χ1) is 10.3. The molecule has 0 aliphatic heterocycles. The number of aromatic nitrogens is 3. The number of rotatable bonds is 6. The van der Waals surface area contributed by atoms with E-state index in [2.05, 4.69) is 15.2 Å². The molecule has 0 saturated heterocycles. The Hall–Kier alpha value is -2.21. The van der Waals surface area contributed by atoms with Crippen LogP contribution in [0.2, 0.25) is 0 Å². The van der Waals surface area contributed by atoms with Gasteiger partial charge in [-0.25, -0.2) is 4.98 Å². The number of nitrogens with zero attached hydrogens (tertiary/aromatic N) is 3. The Labute approximate surface area is 122 Å². The maximum atomic E-state index is 12.5. The lowest BCUT2D eigenvalue weighted by Gasteiger charge is -2.20. The van der Waals surface area contributed by atoms with Crippen molar-refractivity contribution in [3.63, 3.8) is 0 Å². The SMILES string of the molecule is O=C(c1n[nH]c(C2CC2)n1)N(CCO)Cc1ccccc1. The summed E-state index contributed by atoms with van der Waals surface area (Å²) in [6, 6.07) is 9.68. The molecule has 2 N–H and O–H groups in total.